The number of amides is 1. The molecule has 3 heteroatoms. The van der Waals surface area contributed by atoms with Crippen molar-refractivity contribution >= 4 is 5.91 Å². The van der Waals surface area contributed by atoms with E-state index in [0.717, 1.165) is 32.5 Å². The van der Waals surface area contributed by atoms with E-state index >= 15 is 0 Å². The zero-order chi connectivity index (χ0) is 10.9. The minimum absolute atomic E-state index is 0.104. The summed E-state index contributed by atoms with van der Waals surface area (Å²) < 4.78 is 0. The molecule has 2 saturated heterocycles. The highest BCUT2D eigenvalue weighted by atomic mass is 16.2. The van der Waals surface area contributed by atoms with Crippen molar-refractivity contribution in [1.82, 2.24) is 10.2 Å². The van der Waals surface area contributed by atoms with Gasteiger partial charge in [0.15, 0.2) is 0 Å². The lowest BCUT2D eigenvalue weighted by Gasteiger charge is -2.28. The summed E-state index contributed by atoms with van der Waals surface area (Å²) >= 11 is 0. The van der Waals surface area contributed by atoms with Gasteiger partial charge in [0.25, 0.3) is 0 Å². The summed E-state index contributed by atoms with van der Waals surface area (Å²) in [5, 5.41) is 3.33. The fourth-order valence-corrected chi connectivity index (χ4v) is 2.58. The molecule has 3 nitrogen and oxygen atoms in total. The molecule has 0 aromatic rings. The molecule has 0 radical (unpaired) electrons. The second kappa shape index (κ2) is 4.12. The molecule has 2 aliphatic heterocycles. The third-order valence-electron chi connectivity index (χ3n) is 3.60. The SMILES string of the molecule is CC1(C)CCN(C(=O)C2CCCCN2)C1. The van der Waals surface area contributed by atoms with Gasteiger partial charge in [-0.25, -0.2) is 0 Å². The van der Waals surface area contributed by atoms with E-state index in [0.29, 0.717) is 11.3 Å². The average Bonchev–Trinajstić information content (AvgIpc) is 2.59. The number of nitrogens with one attached hydrogen (secondary N) is 1. The van der Waals surface area contributed by atoms with Crippen LogP contribution in [-0.2, 0) is 4.79 Å². The maximum Gasteiger partial charge on any atom is 0.239 e. The van der Waals surface area contributed by atoms with E-state index in [9.17, 15) is 4.79 Å². The highest BCUT2D eigenvalue weighted by Crippen LogP contribution is 2.29. The van der Waals surface area contributed by atoms with Gasteiger partial charge in [-0.15, -0.1) is 0 Å². The first-order valence-electron chi connectivity index (χ1n) is 6.11. The van der Waals surface area contributed by atoms with Gasteiger partial charge in [0, 0.05) is 13.1 Å². The number of hydrogen-bond donors (Lipinski definition) is 1. The molecule has 0 saturated carbocycles. The van der Waals surface area contributed by atoms with E-state index < -0.39 is 0 Å². The van der Waals surface area contributed by atoms with Crippen molar-refractivity contribution in [2.75, 3.05) is 19.6 Å². The summed E-state index contributed by atoms with van der Waals surface area (Å²) in [7, 11) is 0. The number of piperidine rings is 1. The molecule has 1 amide bonds. The summed E-state index contributed by atoms with van der Waals surface area (Å²) in [6, 6.07) is 0.104. The summed E-state index contributed by atoms with van der Waals surface area (Å²) in [4.78, 5) is 14.2. The smallest absolute Gasteiger partial charge is 0.239 e. The molecule has 1 atom stereocenters. The van der Waals surface area contributed by atoms with Crippen molar-refractivity contribution in [2.24, 2.45) is 5.41 Å². The lowest BCUT2D eigenvalue weighted by atomic mass is 9.93. The number of rotatable bonds is 1. The van der Waals surface area contributed by atoms with Crippen LogP contribution in [0, 0.1) is 5.41 Å². The normalized spacial score (nSPS) is 30.5. The van der Waals surface area contributed by atoms with Crippen LogP contribution in [0.25, 0.3) is 0 Å². The standard InChI is InChI=1S/C12H22N2O/c1-12(2)6-8-14(9-12)11(15)10-5-3-4-7-13-10/h10,13H,3-9H2,1-2H3. The quantitative estimate of drug-likeness (QED) is 0.709. The van der Waals surface area contributed by atoms with Crippen LogP contribution in [0.5, 0.6) is 0 Å². The topological polar surface area (TPSA) is 32.3 Å². The average molecular weight is 210 g/mol. The highest BCUT2D eigenvalue weighted by Gasteiger charge is 2.35. The monoisotopic (exact) mass is 210 g/mol. The van der Waals surface area contributed by atoms with E-state index in [-0.39, 0.29) is 6.04 Å². The predicted octanol–water partition coefficient (Wildman–Crippen LogP) is 1.39. The van der Waals surface area contributed by atoms with Crippen LogP contribution >= 0.6 is 0 Å². The van der Waals surface area contributed by atoms with Crippen molar-refractivity contribution in [1.29, 1.82) is 0 Å². The van der Waals surface area contributed by atoms with E-state index in [4.69, 9.17) is 0 Å². The molecule has 1 N–H and O–H groups in total. The first-order chi connectivity index (χ1) is 7.08. The first kappa shape index (κ1) is 10.9. The van der Waals surface area contributed by atoms with Crippen LogP contribution in [0.15, 0.2) is 0 Å². The zero-order valence-corrected chi connectivity index (χ0v) is 9.88. The van der Waals surface area contributed by atoms with Gasteiger partial charge >= 0.3 is 0 Å². The van der Waals surface area contributed by atoms with Crippen LogP contribution in [0.2, 0.25) is 0 Å². The Hall–Kier alpha value is -0.570. The Morgan fingerprint density at radius 1 is 1.40 bits per heavy atom. The third kappa shape index (κ3) is 2.51. The highest BCUT2D eigenvalue weighted by molar-refractivity contribution is 5.82. The van der Waals surface area contributed by atoms with Gasteiger partial charge in [-0.2, -0.15) is 0 Å². The molecule has 2 rings (SSSR count). The first-order valence-corrected chi connectivity index (χ1v) is 6.11. The van der Waals surface area contributed by atoms with Crippen LogP contribution in [0.1, 0.15) is 39.5 Å². The Morgan fingerprint density at radius 2 is 2.20 bits per heavy atom. The Morgan fingerprint density at radius 3 is 2.73 bits per heavy atom. The molecule has 86 valence electrons. The van der Waals surface area contributed by atoms with E-state index in [1.807, 2.05) is 4.90 Å². The van der Waals surface area contributed by atoms with E-state index in [1.165, 1.54) is 12.8 Å². The zero-order valence-electron chi connectivity index (χ0n) is 9.88. The van der Waals surface area contributed by atoms with Gasteiger partial charge in [-0.3, -0.25) is 4.79 Å². The van der Waals surface area contributed by atoms with Crippen LogP contribution in [-0.4, -0.2) is 36.5 Å². The van der Waals surface area contributed by atoms with Crippen molar-refractivity contribution in [3.63, 3.8) is 0 Å². The molecule has 15 heavy (non-hydrogen) atoms. The lowest BCUT2D eigenvalue weighted by molar-refractivity contribution is -0.133. The molecule has 0 spiro atoms. The number of hydrogen-bond acceptors (Lipinski definition) is 2. The van der Waals surface area contributed by atoms with Crippen molar-refractivity contribution in [2.45, 2.75) is 45.6 Å². The second-order valence-electron chi connectivity index (χ2n) is 5.68. The largest absolute Gasteiger partial charge is 0.341 e. The maximum atomic E-state index is 12.2. The Balaban J connectivity index is 1.90. The van der Waals surface area contributed by atoms with Crippen LogP contribution in [0.4, 0.5) is 0 Å². The van der Waals surface area contributed by atoms with Gasteiger partial charge in [-0.1, -0.05) is 20.3 Å². The predicted molar refractivity (Wildman–Crippen MR) is 60.6 cm³/mol. The Labute approximate surface area is 92.2 Å². The summed E-state index contributed by atoms with van der Waals surface area (Å²) in [5.41, 5.74) is 0.324. The number of likely N-dealkylation sites (tertiary alicyclic amines) is 1. The summed E-state index contributed by atoms with van der Waals surface area (Å²) in [5.74, 6) is 0.334. The Bertz CT molecular complexity index is 244. The van der Waals surface area contributed by atoms with Crippen LogP contribution in [0.3, 0.4) is 0 Å². The number of carbonyl (C=O) groups excluding carboxylic acids is 1. The number of nitrogens with zero attached hydrogens (tertiary/aromatic N) is 1. The molecule has 2 aliphatic rings. The maximum absolute atomic E-state index is 12.2. The molecule has 2 fully saturated rings. The van der Waals surface area contributed by atoms with Crippen molar-refractivity contribution < 1.29 is 4.79 Å². The van der Waals surface area contributed by atoms with Gasteiger partial charge in [-0.05, 0) is 31.2 Å². The fraction of sp³-hybridized carbons (Fsp3) is 0.917. The summed E-state index contributed by atoms with van der Waals surface area (Å²) in [6.45, 7) is 7.38. The van der Waals surface area contributed by atoms with Crippen molar-refractivity contribution in [3.8, 4) is 0 Å². The summed E-state index contributed by atoms with van der Waals surface area (Å²) in [6.07, 6.45) is 4.58. The minimum Gasteiger partial charge on any atom is -0.341 e. The fourth-order valence-electron chi connectivity index (χ4n) is 2.58. The second-order valence-corrected chi connectivity index (χ2v) is 5.68. The third-order valence-corrected chi connectivity index (χ3v) is 3.60. The molecule has 0 aromatic heterocycles. The van der Waals surface area contributed by atoms with Gasteiger partial charge < -0.3 is 10.2 Å². The van der Waals surface area contributed by atoms with Gasteiger partial charge in [0.05, 0.1) is 6.04 Å². The van der Waals surface area contributed by atoms with Crippen molar-refractivity contribution in [3.05, 3.63) is 0 Å². The van der Waals surface area contributed by atoms with E-state index in [2.05, 4.69) is 19.2 Å². The minimum atomic E-state index is 0.104. The molecule has 0 aliphatic carbocycles. The molecular weight excluding hydrogens is 188 g/mol. The lowest BCUT2D eigenvalue weighted by Crippen LogP contribution is -2.48. The molecule has 0 bridgehead atoms. The molecule has 1 unspecified atom stereocenters. The van der Waals surface area contributed by atoms with Crippen LogP contribution < -0.4 is 5.32 Å². The number of carbonyl (C=O) groups is 1. The van der Waals surface area contributed by atoms with Gasteiger partial charge in [0.2, 0.25) is 5.91 Å². The molecule has 0 aromatic carbocycles. The molecule has 2 heterocycles. The van der Waals surface area contributed by atoms with E-state index in [1.54, 1.807) is 0 Å². The molecular formula is C12H22N2O. The Kier molecular flexibility index (Phi) is 3.01. The van der Waals surface area contributed by atoms with Gasteiger partial charge in [0.1, 0.15) is 0 Å².